The molecule has 1 fully saturated rings. The van der Waals surface area contributed by atoms with Gasteiger partial charge in [-0.3, -0.25) is 4.79 Å². The number of carbonyl (C=O) groups is 1. The van der Waals surface area contributed by atoms with Gasteiger partial charge in [-0.1, -0.05) is 0 Å². The maximum atomic E-state index is 10.5. The van der Waals surface area contributed by atoms with Crippen LogP contribution in [0, 0.1) is 0 Å². The molecule has 0 bridgehead atoms. The van der Waals surface area contributed by atoms with E-state index in [0.29, 0.717) is 6.54 Å². The maximum Gasteiger partial charge on any atom is 0.305 e. The second-order valence-corrected chi connectivity index (χ2v) is 3.77. The van der Waals surface area contributed by atoms with E-state index in [1.54, 1.807) is 0 Å². The first-order valence-electron chi connectivity index (χ1n) is 4.21. The molecule has 70 valence electrons. The summed E-state index contributed by atoms with van der Waals surface area (Å²) in [5, 5.41) is 8.62. The number of carboxylic acids is 1. The molecule has 0 amide bonds. The van der Waals surface area contributed by atoms with Crippen molar-refractivity contribution in [3.8, 4) is 0 Å². The lowest BCUT2D eigenvalue weighted by atomic mass is 9.87. The largest absolute Gasteiger partial charge is 0.481 e. The predicted molar refractivity (Wildman–Crippen MR) is 45.9 cm³/mol. The molecule has 1 heterocycles. The normalized spacial score (nSPS) is 31.8. The number of likely N-dealkylation sites (N-methyl/N-ethyl adjacent to an activating group) is 1. The van der Waals surface area contributed by atoms with Crippen molar-refractivity contribution < 1.29 is 9.90 Å². The summed E-state index contributed by atoms with van der Waals surface area (Å²) in [6.07, 6.45) is 1.90. The molecule has 12 heavy (non-hydrogen) atoms. The van der Waals surface area contributed by atoms with Gasteiger partial charge in [0.2, 0.25) is 0 Å². The summed E-state index contributed by atoms with van der Waals surface area (Å²) in [6, 6.07) is 0. The van der Waals surface area contributed by atoms with Crippen LogP contribution in [0.2, 0.25) is 0 Å². The molecule has 1 unspecified atom stereocenters. The van der Waals surface area contributed by atoms with E-state index in [2.05, 4.69) is 4.90 Å². The maximum absolute atomic E-state index is 10.5. The first-order valence-corrected chi connectivity index (χ1v) is 4.21. The standard InChI is InChI=1S/C8H16N2O2/c1-10-4-2-3-8(9,6-10)5-7(11)12/h2-6,9H2,1H3,(H,11,12). The highest BCUT2D eigenvalue weighted by Gasteiger charge is 2.32. The summed E-state index contributed by atoms with van der Waals surface area (Å²) in [5.41, 5.74) is 5.43. The van der Waals surface area contributed by atoms with Crippen molar-refractivity contribution in [3.05, 3.63) is 0 Å². The van der Waals surface area contributed by atoms with Crippen LogP contribution in [0.5, 0.6) is 0 Å². The first-order chi connectivity index (χ1) is 5.52. The number of hydrogen-bond acceptors (Lipinski definition) is 3. The Labute approximate surface area is 72.3 Å². The Balaban J connectivity index is 2.51. The van der Waals surface area contributed by atoms with Gasteiger partial charge >= 0.3 is 5.97 Å². The fourth-order valence-electron chi connectivity index (χ4n) is 1.84. The third-order valence-electron chi connectivity index (χ3n) is 2.30. The van der Waals surface area contributed by atoms with Crippen molar-refractivity contribution >= 4 is 5.97 Å². The number of aliphatic carboxylic acids is 1. The molecule has 0 aromatic rings. The Hall–Kier alpha value is -0.610. The number of likely N-dealkylation sites (tertiary alicyclic amines) is 1. The van der Waals surface area contributed by atoms with E-state index < -0.39 is 11.5 Å². The van der Waals surface area contributed by atoms with Gasteiger partial charge in [0.25, 0.3) is 0 Å². The number of piperidine rings is 1. The minimum atomic E-state index is -0.798. The quantitative estimate of drug-likeness (QED) is 0.609. The van der Waals surface area contributed by atoms with E-state index in [1.165, 1.54) is 0 Å². The van der Waals surface area contributed by atoms with Crippen molar-refractivity contribution in [3.63, 3.8) is 0 Å². The number of carboxylic acid groups (broad SMARTS) is 1. The Morgan fingerprint density at radius 3 is 2.92 bits per heavy atom. The average Bonchev–Trinajstić information content (AvgIpc) is 1.82. The molecule has 1 saturated heterocycles. The zero-order valence-corrected chi connectivity index (χ0v) is 7.42. The van der Waals surface area contributed by atoms with Gasteiger partial charge in [0.1, 0.15) is 0 Å². The molecule has 0 aromatic carbocycles. The fraction of sp³-hybridized carbons (Fsp3) is 0.875. The molecule has 0 aromatic heterocycles. The fourth-order valence-corrected chi connectivity index (χ4v) is 1.84. The van der Waals surface area contributed by atoms with Gasteiger partial charge in [-0.05, 0) is 26.4 Å². The van der Waals surface area contributed by atoms with Crippen LogP contribution in [0.25, 0.3) is 0 Å². The van der Waals surface area contributed by atoms with E-state index in [-0.39, 0.29) is 6.42 Å². The molecule has 0 aliphatic carbocycles. The van der Waals surface area contributed by atoms with E-state index in [1.807, 2.05) is 7.05 Å². The molecule has 0 spiro atoms. The first kappa shape index (κ1) is 9.48. The summed E-state index contributed by atoms with van der Waals surface area (Å²) >= 11 is 0. The highest BCUT2D eigenvalue weighted by molar-refractivity contribution is 5.68. The highest BCUT2D eigenvalue weighted by atomic mass is 16.4. The summed E-state index contributed by atoms with van der Waals surface area (Å²) in [6.45, 7) is 1.72. The third kappa shape index (κ3) is 2.46. The SMILES string of the molecule is CN1CCCC(N)(CC(=O)O)C1. The molecule has 0 saturated carbocycles. The van der Waals surface area contributed by atoms with Crippen LogP contribution in [0.1, 0.15) is 19.3 Å². The number of nitrogens with zero attached hydrogens (tertiary/aromatic N) is 1. The number of hydrogen-bond donors (Lipinski definition) is 2. The second-order valence-electron chi connectivity index (χ2n) is 3.77. The average molecular weight is 172 g/mol. The summed E-state index contributed by atoms with van der Waals surface area (Å²) in [4.78, 5) is 12.6. The van der Waals surface area contributed by atoms with Gasteiger partial charge in [0.05, 0.1) is 6.42 Å². The Kier molecular flexibility index (Phi) is 2.69. The molecule has 1 atom stereocenters. The Morgan fingerprint density at radius 1 is 1.75 bits per heavy atom. The highest BCUT2D eigenvalue weighted by Crippen LogP contribution is 2.20. The van der Waals surface area contributed by atoms with Gasteiger partial charge in [0, 0.05) is 12.1 Å². The minimum Gasteiger partial charge on any atom is -0.481 e. The van der Waals surface area contributed by atoms with Crippen molar-refractivity contribution in [1.29, 1.82) is 0 Å². The summed E-state index contributed by atoms with van der Waals surface area (Å²) in [5.74, 6) is -0.798. The van der Waals surface area contributed by atoms with Crippen LogP contribution in [-0.2, 0) is 4.79 Å². The molecular weight excluding hydrogens is 156 g/mol. The molecule has 1 aliphatic heterocycles. The van der Waals surface area contributed by atoms with E-state index >= 15 is 0 Å². The molecule has 1 rings (SSSR count). The Bertz CT molecular complexity index is 184. The molecular formula is C8H16N2O2. The predicted octanol–water partition coefficient (Wildman–Crippen LogP) is -0.116. The van der Waals surface area contributed by atoms with Crippen LogP contribution in [0.3, 0.4) is 0 Å². The van der Waals surface area contributed by atoms with Crippen molar-refractivity contribution in [2.45, 2.75) is 24.8 Å². The van der Waals surface area contributed by atoms with Gasteiger partial charge < -0.3 is 15.7 Å². The summed E-state index contributed by atoms with van der Waals surface area (Å²) in [7, 11) is 1.97. The molecule has 1 aliphatic rings. The van der Waals surface area contributed by atoms with Gasteiger partial charge in [-0.2, -0.15) is 0 Å². The van der Waals surface area contributed by atoms with E-state index in [9.17, 15) is 4.79 Å². The second kappa shape index (κ2) is 3.41. The molecule has 0 radical (unpaired) electrons. The zero-order chi connectivity index (χ0) is 9.19. The van der Waals surface area contributed by atoms with E-state index in [4.69, 9.17) is 10.8 Å². The van der Waals surface area contributed by atoms with Crippen molar-refractivity contribution in [2.24, 2.45) is 5.73 Å². The Morgan fingerprint density at radius 2 is 2.42 bits per heavy atom. The molecule has 3 N–H and O–H groups in total. The van der Waals surface area contributed by atoms with Gasteiger partial charge in [-0.25, -0.2) is 0 Å². The van der Waals surface area contributed by atoms with Gasteiger partial charge in [0.15, 0.2) is 0 Å². The van der Waals surface area contributed by atoms with Crippen LogP contribution in [-0.4, -0.2) is 41.7 Å². The van der Waals surface area contributed by atoms with Crippen molar-refractivity contribution in [1.82, 2.24) is 4.90 Å². The topological polar surface area (TPSA) is 66.6 Å². The zero-order valence-electron chi connectivity index (χ0n) is 7.42. The lowest BCUT2D eigenvalue weighted by molar-refractivity contribution is -0.138. The van der Waals surface area contributed by atoms with Crippen LogP contribution < -0.4 is 5.73 Å². The van der Waals surface area contributed by atoms with Gasteiger partial charge in [-0.15, -0.1) is 0 Å². The van der Waals surface area contributed by atoms with Crippen LogP contribution in [0.15, 0.2) is 0 Å². The number of nitrogens with two attached hydrogens (primary N) is 1. The van der Waals surface area contributed by atoms with Crippen molar-refractivity contribution in [2.75, 3.05) is 20.1 Å². The van der Waals surface area contributed by atoms with Crippen LogP contribution >= 0.6 is 0 Å². The van der Waals surface area contributed by atoms with E-state index in [0.717, 1.165) is 19.4 Å². The molecule has 4 nitrogen and oxygen atoms in total. The third-order valence-corrected chi connectivity index (χ3v) is 2.30. The monoisotopic (exact) mass is 172 g/mol. The lowest BCUT2D eigenvalue weighted by Crippen LogP contribution is -2.54. The lowest BCUT2D eigenvalue weighted by Gasteiger charge is -2.37. The van der Waals surface area contributed by atoms with Crippen LogP contribution in [0.4, 0.5) is 0 Å². The summed E-state index contributed by atoms with van der Waals surface area (Å²) < 4.78 is 0. The number of rotatable bonds is 2. The smallest absolute Gasteiger partial charge is 0.305 e. The molecule has 4 heteroatoms. The minimum absolute atomic E-state index is 0.0807.